The zero-order valence-corrected chi connectivity index (χ0v) is 15.1. The molecule has 3 aromatic rings. The van der Waals surface area contributed by atoms with Crippen LogP contribution in [0.25, 0.3) is 11.2 Å². The molecule has 1 saturated heterocycles. The van der Waals surface area contributed by atoms with E-state index in [2.05, 4.69) is 20.3 Å². The molecule has 11 nitrogen and oxygen atoms in total. The van der Waals surface area contributed by atoms with E-state index in [1.165, 1.54) is 17.2 Å². The molecule has 29 heavy (non-hydrogen) atoms. The van der Waals surface area contributed by atoms with Crippen LogP contribution in [-0.4, -0.2) is 70.8 Å². The number of hydrogen-bond acceptors (Lipinski definition) is 9. The third-order valence-corrected chi connectivity index (χ3v) is 4.72. The Labute approximate surface area is 164 Å². The first-order valence-electron chi connectivity index (χ1n) is 8.85. The normalized spacial score (nSPS) is 24.1. The van der Waals surface area contributed by atoms with Crippen LogP contribution in [0.4, 0.5) is 11.5 Å². The first-order valence-corrected chi connectivity index (χ1v) is 8.85. The molecular weight excluding hydrogens is 382 g/mol. The van der Waals surface area contributed by atoms with Gasteiger partial charge in [-0.25, -0.2) is 15.0 Å². The van der Waals surface area contributed by atoms with Gasteiger partial charge in [-0.2, -0.15) is 0 Å². The number of ether oxygens (including phenoxy) is 1. The van der Waals surface area contributed by atoms with E-state index in [4.69, 9.17) is 9.84 Å². The maximum atomic E-state index is 10.8. The lowest BCUT2D eigenvalue weighted by Crippen LogP contribution is -2.33. The lowest BCUT2D eigenvalue weighted by Gasteiger charge is -2.16. The van der Waals surface area contributed by atoms with Crippen LogP contribution in [0.3, 0.4) is 0 Å². The van der Waals surface area contributed by atoms with Gasteiger partial charge in [0.2, 0.25) is 0 Å². The fraction of sp³-hybridized carbons (Fsp3) is 0.333. The molecule has 1 fully saturated rings. The number of aliphatic carboxylic acids is 1. The molecular formula is C18H19N5O6. The van der Waals surface area contributed by atoms with Crippen molar-refractivity contribution in [2.45, 2.75) is 31.0 Å². The van der Waals surface area contributed by atoms with Crippen LogP contribution in [0.5, 0.6) is 0 Å². The number of aliphatic hydroxyl groups excluding tert-OH is 3. The number of carboxylic acid groups (broad SMARTS) is 1. The number of hydrogen-bond donors (Lipinski definition) is 5. The summed E-state index contributed by atoms with van der Waals surface area (Å²) in [6, 6.07) is 6.86. The van der Waals surface area contributed by atoms with Gasteiger partial charge in [0.25, 0.3) is 0 Å². The molecule has 1 aliphatic heterocycles. The number of imidazole rings is 1. The molecule has 0 spiro atoms. The fourth-order valence-corrected chi connectivity index (χ4v) is 3.26. The van der Waals surface area contributed by atoms with Gasteiger partial charge in [0, 0.05) is 5.69 Å². The van der Waals surface area contributed by atoms with Crippen molar-refractivity contribution >= 4 is 28.6 Å². The standard InChI is InChI=1S/C18H19N5O6/c24-6-11-14(27)15(28)18(29-11)23-8-21-13-16(19-7-20-17(13)23)22-10-3-1-9(2-4-10)5-12(25)26/h1-4,7-8,11,14-15,18,24,27-28H,5-6H2,(H,25,26)(H,19,20,22)/t11-,14-,15-,18-/m1/s1. The van der Waals surface area contributed by atoms with E-state index in [0.29, 0.717) is 28.2 Å². The molecule has 3 heterocycles. The van der Waals surface area contributed by atoms with Gasteiger partial charge in [0.15, 0.2) is 23.2 Å². The number of rotatable bonds is 6. The average molecular weight is 401 g/mol. The Balaban J connectivity index is 1.60. The molecule has 4 rings (SSSR count). The minimum absolute atomic E-state index is 0.0627. The lowest BCUT2D eigenvalue weighted by molar-refractivity contribution is -0.136. The Bertz CT molecular complexity index is 1020. The van der Waals surface area contributed by atoms with E-state index < -0.39 is 37.1 Å². The van der Waals surface area contributed by atoms with Gasteiger partial charge in [-0.05, 0) is 17.7 Å². The molecule has 5 N–H and O–H groups in total. The number of nitrogens with zero attached hydrogens (tertiary/aromatic N) is 4. The summed E-state index contributed by atoms with van der Waals surface area (Å²) in [6.07, 6.45) is -1.67. The second-order valence-electron chi connectivity index (χ2n) is 6.67. The monoisotopic (exact) mass is 401 g/mol. The summed E-state index contributed by atoms with van der Waals surface area (Å²) in [5.74, 6) is -0.495. The first kappa shape index (κ1) is 19.2. The summed E-state index contributed by atoms with van der Waals surface area (Å²) in [5, 5.41) is 41.4. The number of nitrogens with one attached hydrogen (secondary N) is 1. The van der Waals surface area contributed by atoms with Gasteiger partial charge in [0.05, 0.1) is 19.4 Å². The van der Waals surface area contributed by atoms with Crippen LogP contribution < -0.4 is 5.32 Å². The van der Waals surface area contributed by atoms with Crippen LogP contribution in [0, 0.1) is 0 Å². The van der Waals surface area contributed by atoms with Gasteiger partial charge >= 0.3 is 5.97 Å². The van der Waals surface area contributed by atoms with Gasteiger partial charge < -0.3 is 30.5 Å². The zero-order chi connectivity index (χ0) is 20.5. The van der Waals surface area contributed by atoms with Crippen LogP contribution >= 0.6 is 0 Å². The van der Waals surface area contributed by atoms with Crippen molar-refractivity contribution in [3.8, 4) is 0 Å². The quantitative estimate of drug-likeness (QED) is 0.374. The average Bonchev–Trinajstić information content (AvgIpc) is 3.25. The number of aliphatic hydroxyl groups is 3. The molecule has 152 valence electrons. The van der Waals surface area contributed by atoms with Crippen molar-refractivity contribution in [3.05, 3.63) is 42.5 Å². The van der Waals surface area contributed by atoms with Gasteiger partial charge in [-0.3, -0.25) is 9.36 Å². The second kappa shape index (κ2) is 7.72. The number of aromatic nitrogens is 4. The summed E-state index contributed by atoms with van der Waals surface area (Å²) in [7, 11) is 0. The first-order chi connectivity index (χ1) is 14.0. The molecule has 0 radical (unpaired) electrons. The highest BCUT2D eigenvalue weighted by Crippen LogP contribution is 2.32. The van der Waals surface area contributed by atoms with Crippen LogP contribution in [0.1, 0.15) is 11.8 Å². The Morgan fingerprint density at radius 1 is 1.14 bits per heavy atom. The Kier molecular flexibility index (Phi) is 5.11. The molecule has 4 atom stereocenters. The summed E-state index contributed by atoms with van der Waals surface area (Å²) in [4.78, 5) is 23.5. The van der Waals surface area contributed by atoms with Crippen molar-refractivity contribution < 1.29 is 30.0 Å². The molecule has 0 amide bonds. The van der Waals surface area contributed by atoms with Crippen molar-refractivity contribution in [3.63, 3.8) is 0 Å². The smallest absolute Gasteiger partial charge is 0.307 e. The largest absolute Gasteiger partial charge is 0.481 e. The minimum atomic E-state index is -1.25. The Morgan fingerprint density at radius 2 is 1.90 bits per heavy atom. The molecule has 2 aromatic heterocycles. The highest BCUT2D eigenvalue weighted by molar-refractivity contribution is 5.85. The summed E-state index contributed by atoms with van der Waals surface area (Å²) < 4.78 is 7.01. The number of fused-ring (bicyclic) bond motifs is 1. The summed E-state index contributed by atoms with van der Waals surface area (Å²) in [6.45, 7) is -0.430. The van der Waals surface area contributed by atoms with E-state index in [1.54, 1.807) is 24.3 Å². The highest BCUT2D eigenvalue weighted by atomic mass is 16.6. The fourth-order valence-electron chi connectivity index (χ4n) is 3.26. The zero-order valence-electron chi connectivity index (χ0n) is 15.1. The van der Waals surface area contributed by atoms with Crippen molar-refractivity contribution in [2.24, 2.45) is 0 Å². The Hall–Kier alpha value is -3.12. The molecule has 1 aliphatic rings. The highest BCUT2D eigenvalue weighted by Gasteiger charge is 2.44. The van der Waals surface area contributed by atoms with E-state index in [1.807, 2.05) is 0 Å². The van der Waals surface area contributed by atoms with E-state index in [-0.39, 0.29) is 6.42 Å². The van der Waals surface area contributed by atoms with E-state index in [0.717, 1.165) is 0 Å². The van der Waals surface area contributed by atoms with Crippen molar-refractivity contribution in [1.82, 2.24) is 19.5 Å². The number of carboxylic acids is 1. The third kappa shape index (κ3) is 3.63. The summed E-state index contributed by atoms with van der Waals surface area (Å²) in [5.41, 5.74) is 2.14. The molecule has 0 unspecified atom stereocenters. The molecule has 0 aliphatic carbocycles. The van der Waals surface area contributed by atoms with Crippen LogP contribution in [-0.2, 0) is 16.0 Å². The third-order valence-electron chi connectivity index (χ3n) is 4.72. The predicted molar refractivity (Wildman–Crippen MR) is 99.4 cm³/mol. The number of benzene rings is 1. The maximum absolute atomic E-state index is 10.8. The van der Waals surface area contributed by atoms with Gasteiger partial charge in [-0.15, -0.1) is 0 Å². The molecule has 11 heteroatoms. The molecule has 0 bridgehead atoms. The van der Waals surface area contributed by atoms with Crippen LogP contribution in [0.15, 0.2) is 36.9 Å². The topological polar surface area (TPSA) is 163 Å². The molecule has 1 aromatic carbocycles. The summed E-state index contributed by atoms with van der Waals surface area (Å²) >= 11 is 0. The van der Waals surface area contributed by atoms with Crippen molar-refractivity contribution in [2.75, 3.05) is 11.9 Å². The van der Waals surface area contributed by atoms with Crippen molar-refractivity contribution in [1.29, 1.82) is 0 Å². The number of anilines is 2. The lowest BCUT2D eigenvalue weighted by atomic mass is 10.1. The van der Waals surface area contributed by atoms with E-state index in [9.17, 15) is 20.1 Å². The van der Waals surface area contributed by atoms with E-state index >= 15 is 0 Å². The number of carbonyl (C=O) groups is 1. The maximum Gasteiger partial charge on any atom is 0.307 e. The van der Waals surface area contributed by atoms with Gasteiger partial charge in [0.1, 0.15) is 24.6 Å². The molecule has 0 saturated carbocycles. The van der Waals surface area contributed by atoms with Crippen LogP contribution in [0.2, 0.25) is 0 Å². The second-order valence-corrected chi connectivity index (χ2v) is 6.67. The Morgan fingerprint density at radius 3 is 2.55 bits per heavy atom. The SMILES string of the molecule is O=C(O)Cc1ccc(Nc2ncnc3c2ncn3[C@@H]2O[C@H](CO)[C@@H](O)[C@H]2O)cc1. The van der Waals surface area contributed by atoms with Gasteiger partial charge in [-0.1, -0.05) is 12.1 Å². The minimum Gasteiger partial charge on any atom is -0.481 e. The predicted octanol–water partition coefficient (Wildman–Crippen LogP) is -0.192.